The van der Waals surface area contributed by atoms with Gasteiger partial charge in [-0.3, -0.25) is 16.3 Å². The smallest absolute Gasteiger partial charge is 0.141 e. The molecule has 2 atom stereocenters. The van der Waals surface area contributed by atoms with Crippen LogP contribution in [0.5, 0.6) is 0 Å². The van der Waals surface area contributed by atoms with Gasteiger partial charge in [-0.25, -0.2) is 4.39 Å². The van der Waals surface area contributed by atoms with Gasteiger partial charge in [0.2, 0.25) is 0 Å². The lowest BCUT2D eigenvalue weighted by Gasteiger charge is -2.25. The number of unbranched alkanes of at least 4 members (excludes halogenated alkanes) is 1. The molecule has 0 saturated carbocycles. The van der Waals surface area contributed by atoms with Crippen molar-refractivity contribution in [2.45, 2.75) is 45.6 Å². The maximum Gasteiger partial charge on any atom is 0.141 e. The topological polar surface area (TPSA) is 50.9 Å². The third-order valence-electron chi connectivity index (χ3n) is 3.19. The largest absolute Gasteiger partial charge is 0.271 e. The van der Waals surface area contributed by atoms with Crippen LogP contribution in [0, 0.1) is 11.7 Å². The lowest BCUT2D eigenvalue weighted by Crippen LogP contribution is -2.33. The molecule has 0 radical (unpaired) electrons. The molecule has 1 heterocycles. The first-order valence-corrected chi connectivity index (χ1v) is 6.29. The van der Waals surface area contributed by atoms with Gasteiger partial charge in [0, 0.05) is 6.20 Å². The summed E-state index contributed by atoms with van der Waals surface area (Å²) in [7, 11) is 0. The van der Waals surface area contributed by atoms with Crippen LogP contribution in [0.1, 0.15) is 51.1 Å². The highest BCUT2D eigenvalue weighted by Gasteiger charge is 2.20. The standard InChI is InChI=1S/C13H22FN3/c1-3-5-6-10(4-2)13(17-15)11-7-12(14)9-16-8-11/h7-10,13,17H,3-6,15H2,1-2H3. The second-order valence-corrected chi connectivity index (χ2v) is 4.39. The van der Waals surface area contributed by atoms with Gasteiger partial charge in [-0.1, -0.05) is 33.1 Å². The van der Waals surface area contributed by atoms with E-state index < -0.39 is 0 Å². The van der Waals surface area contributed by atoms with Crippen LogP contribution in [0.3, 0.4) is 0 Å². The highest BCUT2D eigenvalue weighted by atomic mass is 19.1. The molecule has 96 valence electrons. The number of hydrogen-bond acceptors (Lipinski definition) is 3. The van der Waals surface area contributed by atoms with Crippen LogP contribution in [0.4, 0.5) is 4.39 Å². The quantitative estimate of drug-likeness (QED) is 0.568. The zero-order valence-corrected chi connectivity index (χ0v) is 10.6. The number of rotatable bonds is 7. The summed E-state index contributed by atoms with van der Waals surface area (Å²) in [5.41, 5.74) is 3.63. The van der Waals surface area contributed by atoms with E-state index in [1.54, 1.807) is 6.20 Å². The number of nitrogens with zero attached hydrogens (tertiary/aromatic N) is 1. The lowest BCUT2D eigenvalue weighted by molar-refractivity contribution is 0.325. The van der Waals surface area contributed by atoms with Crippen molar-refractivity contribution >= 4 is 0 Å². The number of halogens is 1. The van der Waals surface area contributed by atoms with Crippen LogP contribution in [0.15, 0.2) is 18.5 Å². The summed E-state index contributed by atoms with van der Waals surface area (Å²) >= 11 is 0. The summed E-state index contributed by atoms with van der Waals surface area (Å²) in [4.78, 5) is 3.88. The van der Waals surface area contributed by atoms with Crippen molar-refractivity contribution in [1.82, 2.24) is 10.4 Å². The summed E-state index contributed by atoms with van der Waals surface area (Å²) in [6, 6.07) is 1.49. The van der Waals surface area contributed by atoms with Crippen LogP contribution < -0.4 is 11.3 Å². The molecule has 4 heteroatoms. The Morgan fingerprint density at radius 2 is 2.18 bits per heavy atom. The normalized spacial score (nSPS) is 14.6. The van der Waals surface area contributed by atoms with Crippen LogP contribution in [0.25, 0.3) is 0 Å². The average Bonchev–Trinajstić information content (AvgIpc) is 2.34. The van der Waals surface area contributed by atoms with Crippen LogP contribution in [0.2, 0.25) is 0 Å². The van der Waals surface area contributed by atoms with E-state index in [0.717, 1.165) is 24.8 Å². The van der Waals surface area contributed by atoms with Crippen molar-refractivity contribution in [3.05, 3.63) is 29.8 Å². The summed E-state index contributed by atoms with van der Waals surface area (Å²) < 4.78 is 13.2. The van der Waals surface area contributed by atoms with Gasteiger partial charge < -0.3 is 0 Å². The Labute approximate surface area is 103 Å². The Bertz CT molecular complexity index is 330. The number of hydrogen-bond donors (Lipinski definition) is 2. The van der Waals surface area contributed by atoms with Crippen molar-refractivity contribution in [3.8, 4) is 0 Å². The summed E-state index contributed by atoms with van der Waals surface area (Å²) in [6.45, 7) is 4.30. The molecule has 0 spiro atoms. The maximum atomic E-state index is 13.2. The Balaban J connectivity index is 2.81. The van der Waals surface area contributed by atoms with Crippen LogP contribution in [-0.4, -0.2) is 4.98 Å². The average molecular weight is 239 g/mol. The first-order chi connectivity index (χ1) is 8.22. The predicted molar refractivity (Wildman–Crippen MR) is 67.6 cm³/mol. The van der Waals surface area contributed by atoms with E-state index >= 15 is 0 Å². The number of nitrogens with one attached hydrogen (secondary N) is 1. The van der Waals surface area contributed by atoms with Crippen molar-refractivity contribution in [2.24, 2.45) is 11.8 Å². The first kappa shape index (κ1) is 14.1. The molecule has 3 nitrogen and oxygen atoms in total. The molecule has 0 bridgehead atoms. The highest BCUT2D eigenvalue weighted by molar-refractivity contribution is 5.15. The Kier molecular flexibility index (Phi) is 6.08. The molecule has 3 N–H and O–H groups in total. The first-order valence-electron chi connectivity index (χ1n) is 6.29. The van der Waals surface area contributed by atoms with Crippen molar-refractivity contribution in [1.29, 1.82) is 0 Å². The number of nitrogens with two attached hydrogens (primary N) is 1. The Morgan fingerprint density at radius 3 is 2.71 bits per heavy atom. The molecule has 1 aromatic rings. The summed E-state index contributed by atoms with van der Waals surface area (Å²) in [6.07, 6.45) is 7.34. The third-order valence-corrected chi connectivity index (χ3v) is 3.19. The SMILES string of the molecule is CCCCC(CC)C(NN)c1cncc(F)c1. The van der Waals surface area contributed by atoms with E-state index in [9.17, 15) is 4.39 Å². The van der Waals surface area contributed by atoms with Crippen molar-refractivity contribution < 1.29 is 4.39 Å². The van der Waals surface area contributed by atoms with Gasteiger partial charge in [-0.05, 0) is 24.0 Å². The number of hydrazine groups is 1. The van der Waals surface area contributed by atoms with Gasteiger partial charge in [-0.15, -0.1) is 0 Å². The Morgan fingerprint density at radius 1 is 1.41 bits per heavy atom. The molecule has 0 fully saturated rings. The minimum absolute atomic E-state index is 0.0188. The van der Waals surface area contributed by atoms with Gasteiger partial charge in [0.1, 0.15) is 5.82 Å². The third kappa shape index (κ3) is 4.06. The molecule has 17 heavy (non-hydrogen) atoms. The Hall–Kier alpha value is -1.00. The molecule has 1 aromatic heterocycles. The minimum Gasteiger partial charge on any atom is -0.271 e. The summed E-state index contributed by atoms with van der Waals surface area (Å²) in [5.74, 6) is 5.71. The molecule has 0 saturated heterocycles. The fourth-order valence-corrected chi connectivity index (χ4v) is 2.18. The molecular formula is C13H22FN3. The van der Waals surface area contributed by atoms with E-state index in [4.69, 9.17) is 5.84 Å². The van der Waals surface area contributed by atoms with Crippen LogP contribution in [-0.2, 0) is 0 Å². The van der Waals surface area contributed by atoms with E-state index in [2.05, 4.69) is 24.3 Å². The van der Waals surface area contributed by atoms with Gasteiger partial charge in [0.05, 0.1) is 12.2 Å². The monoisotopic (exact) mass is 239 g/mol. The fraction of sp³-hybridized carbons (Fsp3) is 0.615. The van der Waals surface area contributed by atoms with Gasteiger partial charge in [0.25, 0.3) is 0 Å². The second-order valence-electron chi connectivity index (χ2n) is 4.39. The van der Waals surface area contributed by atoms with E-state index in [0.29, 0.717) is 5.92 Å². The maximum absolute atomic E-state index is 13.2. The van der Waals surface area contributed by atoms with Crippen LogP contribution >= 0.6 is 0 Å². The van der Waals surface area contributed by atoms with E-state index in [1.165, 1.54) is 18.7 Å². The number of aromatic nitrogens is 1. The van der Waals surface area contributed by atoms with Gasteiger partial charge in [-0.2, -0.15) is 0 Å². The molecule has 0 aromatic carbocycles. The van der Waals surface area contributed by atoms with Gasteiger partial charge in [0.15, 0.2) is 0 Å². The van der Waals surface area contributed by atoms with Gasteiger partial charge >= 0.3 is 0 Å². The fourth-order valence-electron chi connectivity index (χ4n) is 2.18. The van der Waals surface area contributed by atoms with Crippen molar-refractivity contribution in [3.63, 3.8) is 0 Å². The highest BCUT2D eigenvalue weighted by Crippen LogP contribution is 2.28. The molecule has 0 aliphatic rings. The minimum atomic E-state index is -0.312. The predicted octanol–water partition coefficient (Wildman–Crippen LogP) is 2.94. The zero-order chi connectivity index (χ0) is 12.7. The van der Waals surface area contributed by atoms with E-state index in [1.807, 2.05) is 0 Å². The van der Waals surface area contributed by atoms with Crippen molar-refractivity contribution in [2.75, 3.05) is 0 Å². The number of pyridine rings is 1. The molecule has 0 aliphatic carbocycles. The lowest BCUT2D eigenvalue weighted by atomic mass is 9.88. The molecule has 1 rings (SSSR count). The molecule has 0 aliphatic heterocycles. The zero-order valence-electron chi connectivity index (χ0n) is 10.6. The summed E-state index contributed by atoms with van der Waals surface area (Å²) in [5, 5.41) is 0. The molecule has 2 unspecified atom stereocenters. The second kappa shape index (κ2) is 7.35. The molecule has 0 amide bonds. The molecular weight excluding hydrogens is 217 g/mol. The van der Waals surface area contributed by atoms with E-state index in [-0.39, 0.29) is 11.9 Å².